The van der Waals surface area contributed by atoms with Crippen LogP contribution in [0.25, 0.3) is 0 Å². The van der Waals surface area contributed by atoms with Crippen molar-refractivity contribution in [1.29, 1.82) is 0 Å². The first-order valence-corrected chi connectivity index (χ1v) is 11.8. The Labute approximate surface area is 200 Å². The van der Waals surface area contributed by atoms with Crippen molar-refractivity contribution in [2.45, 2.75) is 71.1 Å². The fourth-order valence-corrected chi connectivity index (χ4v) is 4.64. The fraction of sp³-hybridized carbons (Fsp3) is 0.640. The Bertz CT molecular complexity index is 917. The Morgan fingerprint density at radius 3 is 2.15 bits per heavy atom. The lowest BCUT2D eigenvalue weighted by molar-refractivity contribution is -0.143. The molecule has 3 rings (SSSR count). The summed E-state index contributed by atoms with van der Waals surface area (Å²) in [5, 5.41) is 12.2. The fourth-order valence-electron chi connectivity index (χ4n) is 4.64. The normalized spacial score (nSPS) is 22.4. The van der Waals surface area contributed by atoms with E-state index in [1.54, 1.807) is 35.0 Å². The molecular weight excluding hydrogens is 440 g/mol. The summed E-state index contributed by atoms with van der Waals surface area (Å²) in [5.74, 6) is 0.0767. The minimum absolute atomic E-state index is 0.215. The lowest BCUT2D eigenvalue weighted by Gasteiger charge is -2.37. The van der Waals surface area contributed by atoms with Gasteiger partial charge in [-0.3, -0.25) is 14.5 Å². The summed E-state index contributed by atoms with van der Waals surface area (Å²) in [4.78, 5) is 39.0. The van der Waals surface area contributed by atoms with Crippen molar-refractivity contribution >= 4 is 18.0 Å². The van der Waals surface area contributed by atoms with Crippen molar-refractivity contribution in [3.8, 4) is 11.5 Å². The molecule has 2 N–H and O–H groups in total. The second-order valence-corrected chi connectivity index (χ2v) is 10.1. The molecule has 1 aromatic rings. The first-order chi connectivity index (χ1) is 16.0. The molecule has 0 radical (unpaired) electrons. The average molecular weight is 477 g/mol. The molecule has 1 aliphatic heterocycles. The van der Waals surface area contributed by atoms with Crippen LogP contribution in [0.4, 0.5) is 4.79 Å². The average Bonchev–Trinajstić information content (AvgIpc) is 2.79. The lowest BCUT2D eigenvalue weighted by Crippen LogP contribution is -2.54. The lowest BCUT2D eigenvalue weighted by atomic mass is 9.82. The second-order valence-electron chi connectivity index (χ2n) is 10.1. The Morgan fingerprint density at radius 1 is 1.03 bits per heavy atom. The molecule has 1 heterocycles. The van der Waals surface area contributed by atoms with Crippen LogP contribution in [0.15, 0.2) is 12.1 Å². The number of hydrogen-bond acceptors (Lipinski definition) is 6. The van der Waals surface area contributed by atoms with Crippen molar-refractivity contribution in [3.63, 3.8) is 0 Å². The van der Waals surface area contributed by atoms with E-state index in [2.05, 4.69) is 5.32 Å². The van der Waals surface area contributed by atoms with Crippen LogP contribution in [0.1, 0.15) is 57.6 Å². The van der Waals surface area contributed by atoms with Gasteiger partial charge in [0.25, 0.3) is 0 Å². The van der Waals surface area contributed by atoms with Gasteiger partial charge < -0.3 is 24.6 Å². The van der Waals surface area contributed by atoms with Crippen molar-refractivity contribution < 1.29 is 33.7 Å². The molecule has 2 amide bonds. The van der Waals surface area contributed by atoms with E-state index in [1.165, 1.54) is 4.90 Å². The third-order valence-corrected chi connectivity index (χ3v) is 6.53. The van der Waals surface area contributed by atoms with E-state index in [4.69, 9.17) is 14.2 Å². The van der Waals surface area contributed by atoms with Crippen LogP contribution in [0.3, 0.4) is 0 Å². The SMILES string of the molecule is COc1cc2c(cc1OC)CN(C(=O)OC(C)(C)C)[C@@H](C(=O)NCC1CCC(C(=O)O)CC1)C2. The number of hydrogen-bond donors (Lipinski definition) is 2. The monoisotopic (exact) mass is 476 g/mol. The van der Waals surface area contributed by atoms with E-state index < -0.39 is 23.7 Å². The summed E-state index contributed by atoms with van der Waals surface area (Å²) in [7, 11) is 3.11. The molecule has 2 aliphatic rings. The quantitative estimate of drug-likeness (QED) is 0.647. The smallest absolute Gasteiger partial charge is 0.411 e. The third kappa shape index (κ3) is 6.12. The topological polar surface area (TPSA) is 114 Å². The minimum Gasteiger partial charge on any atom is -0.493 e. The first-order valence-electron chi connectivity index (χ1n) is 11.8. The highest BCUT2D eigenvalue weighted by Gasteiger charge is 2.38. The summed E-state index contributed by atoms with van der Waals surface area (Å²) in [6.45, 7) is 6.05. The molecule has 0 unspecified atom stereocenters. The van der Waals surface area contributed by atoms with Crippen LogP contribution in [-0.2, 0) is 27.3 Å². The largest absolute Gasteiger partial charge is 0.493 e. The Kier molecular flexibility index (Phi) is 7.94. The van der Waals surface area contributed by atoms with Gasteiger partial charge in [0, 0.05) is 13.0 Å². The van der Waals surface area contributed by atoms with Crippen LogP contribution < -0.4 is 14.8 Å². The second kappa shape index (κ2) is 10.5. The Hall–Kier alpha value is -2.97. The van der Waals surface area contributed by atoms with Crippen LogP contribution in [0.2, 0.25) is 0 Å². The molecule has 9 nitrogen and oxygen atoms in total. The van der Waals surface area contributed by atoms with Gasteiger partial charge in [-0.05, 0) is 75.6 Å². The number of carbonyl (C=O) groups excluding carboxylic acids is 2. The number of carboxylic acid groups (broad SMARTS) is 1. The van der Waals surface area contributed by atoms with Crippen LogP contribution in [0.5, 0.6) is 11.5 Å². The van der Waals surface area contributed by atoms with E-state index >= 15 is 0 Å². The zero-order chi connectivity index (χ0) is 25.0. The summed E-state index contributed by atoms with van der Waals surface area (Å²) in [6.07, 6.45) is 2.55. The molecule has 1 fully saturated rings. The maximum atomic E-state index is 13.3. The van der Waals surface area contributed by atoms with Gasteiger partial charge in [-0.15, -0.1) is 0 Å². The van der Waals surface area contributed by atoms with Gasteiger partial charge in [0.05, 0.1) is 26.7 Å². The molecule has 1 aliphatic carbocycles. The zero-order valence-electron chi connectivity index (χ0n) is 20.7. The van der Waals surface area contributed by atoms with Crippen LogP contribution in [-0.4, -0.2) is 60.4 Å². The molecule has 0 saturated heterocycles. The van der Waals surface area contributed by atoms with E-state index in [0.29, 0.717) is 37.3 Å². The van der Waals surface area contributed by atoms with Crippen LogP contribution >= 0.6 is 0 Å². The number of nitrogens with one attached hydrogen (secondary N) is 1. The highest BCUT2D eigenvalue weighted by Crippen LogP contribution is 2.35. The van der Waals surface area contributed by atoms with Crippen molar-refractivity contribution in [3.05, 3.63) is 23.3 Å². The third-order valence-electron chi connectivity index (χ3n) is 6.53. The van der Waals surface area contributed by atoms with E-state index in [-0.39, 0.29) is 24.3 Å². The van der Waals surface area contributed by atoms with Gasteiger partial charge in [-0.1, -0.05) is 0 Å². The number of aliphatic carboxylic acids is 1. The number of nitrogens with zero attached hydrogens (tertiary/aromatic N) is 1. The number of amides is 2. The molecular formula is C25H36N2O7. The Morgan fingerprint density at radius 2 is 1.62 bits per heavy atom. The summed E-state index contributed by atoms with van der Waals surface area (Å²) >= 11 is 0. The number of fused-ring (bicyclic) bond motifs is 1. The number of carbonyl (C=O) groups is 3. The molecule has 9 heteroatoms. The van der Waals surface area contributed by atoms with Crippen molar-refractivity contribution in [1.82, 2.24) is 10.2 Å². The molecule has 0 spiro atoms. The standard InChI is InChI=1S/C25H36N2O7/c1-25(2,3)34-24(31)27-14-18-12-21(33-5)20(32-4)11-17(18)10-19(27)22(28)26-13-15-6-8-16(9-7-15)23(29)30/h11-12,15-16,19H,6-10,13-14H2,1-5H3,(H,26,28)(H,29,30)/t15?,16?,19-/m1/s1. The number of rotatable bonds is 6. The number of carboxylic acids is 1. The summed E-state index contributed by atoms with van der Waals surface area (Å²) < 4.78 is 16.4. The maximum absolute atomic E-state index is 13.3. The molecule has 1 aromatic carbocycles. The van der Waals surface area contributed by atoms with Gasteiger partial charge in [-0.25, -0.2) is 4.79 Å². The number of benzene rings is 1. The highest BCUT2D eigenvalue weighted by atomic mass is 16.6. The van der Waals surface area contributed by atoms with E-state index in [1.807, 2.05) is 12.1 Å². The molecule has 0 aromatic heterocycles. The van der Waals surface area contributed by atoms with Crippen molar-refractivity contribution in [2.24, 2.45) is 11.8 Å². The molecule has 1 saturated carbocycles. The van der Waals surface area contributed by atoms with Gasteiger partial charge in [0.1, 0.15) is 11.6 Å². The van der Waals surface area contributed by atoms with Crippen LogP contribution in [0, 0.1) is 11.8 Å². The minimum atomic E-state index is -0.747. The first kappa shape index (κ1) is 25.6. The zero-order valence-corrected chi connectivity index (χ0v) is 20.7. The number of methoxy groups -OCH3 is 2. The molecule has 1 atom stereocenters. The molecule has 34 heavy (non-hydrogen) atoms. The summed E-state index contributed by atoms with van der Waals surface area (Å²) in [6, 6.07) is 2.96. The van der Waals surface area contributed by atoms with Gasteiger partial charge in [-0.2, -0.15) is 0 Å². The van der Waals surface area contributed by atoms with Crippen molar-refractivity contribution in [2.75, 3.05) is 20.8 Å². The molecule has 188 valence electrons. The highest BCUT2D eigenvalue weighted by molar-refractivity contribution is 5.86. The van der Waals surface area contributed by atoms with E-state index in [0.717, 1.165) is 24.0 Å². The predicted octanol–water partition coefficient (Wildman–Crippen LogP) is 3.37. The molecule has 0 bridgehead atoms. The number of ether oxygens (including phenoxy) is 3. The summed E-state index contributed by atoms with van der Waals surface area (Å²) in [5.41, 5.74) is 1.10. The predicted molar refractivity (Wildman–Crippen MR) is 125 cm³/mol. The van der Waals surface area contributed by atoms with Gasteiger partial charge in [0.15, 0.2) is 11.5 Å². The van der Waals surface area contributed by atoms with Gasteiger partial charge >= 0.3 is 12.1 Å². The van der Waals surface area contributed by atoms with E-state index in [9.17, 15) is 19.5 Å². The maximum Gasteiger partial charge on any atom is 0.411 e. The Balaban J connectivity index is 1.76. The van der Waals surface area contributed by atoms with Gasteiger partial charge in [0.2, 0.25) is 5.91 Å².